The van der Waals surface area contributed by atoms with Gasteiger partial charge in [-0.3, -0.25) is 9.59 Å². The summed E-state index contributed by atoms with van der Waals surface area (Å²) in [6, 6.07) is 7.93. The molecule has 0 amide bonds. The Morgan fingerprint density at radius 2 is 1.72 bits per heavy atom. The molecule has 1 aromatic carbocycles. The first kappa shape index (κ1) is 16.6. The highest BCUT2D eigenvalue weighted by Gasteiger charge is 2.40. The van der Waals surface area contributed by atoms with Gasteiger partial charge < -0.3 is 4.74 Å². The summed E-state index contributed by atoms with van der Waals surface area (Å²) in [6.45, 7) is -0.140. The molecule has 0 spiro atoms. The number of carbonyl (C=O) groups excluding carboxylic acids is 2. The second-order valence-corrected chi connectivity index (χ2v) is 7.87. The van der Waals surface area contributed by atoms with E-state index < -0.39 is 0 Å². The van der Waals surface area contributed by atoms with E-state index in [4.69, 9.17) is 4.74 Å². The van der Waals surface area contributed by atoms with E-state index >= 15 is 0 Å². The molecule has 0 aromatic heterocycles. The smallest absolute Gasteiger partial charge is 0.310 e. The van der Waals surface area contributed by atoms with E-state index in [1.54, 1.807) is 0 Å². The summed E-state index contributed by atoms with van der Waals surface area (Å²) in [6.07, 6.45) is 12.7. The quantitative estimate of drug-likeness (QED) is 0.445. The number of Topliss-reactive ketones (excluding diaryl/α,β-unsaturated/α-hetero) is 1. The molecule has 132 valence electrons. The third kappa shape index (κ3) is 3.56. The van der Waals surface area contributed by atoms with Crippen LogP contribution in [0.2, 0.25) is 0 Å². The lowest BCUT2D eigenvalue weighted by Gasteiger charge is -2.22. The summed E-state index contributed by atoms with van der Waals surface area (Å²) in [7, 11) is 0. The number of ether oxygens (including phenoxy) is 1. The second-order valence-electron chi connectivity index (χ2n) is 7.87. The monoisotopic (exact) mass is 338 g/mol. The van der Waals surface area contributed by atoms with E-state index in [1.165, 1.54) is 37.7 Å². The molecule has 3 unspecified atom stereocenters. The molecule has 3 aliphatic carbocycles. The lowest BCUT2D eigenvalue weighted by molar-refractivity contribution is -0.148. The minimum Gasteiger partial charge on any atom is -0.457 e. The standard InChI is InChI=1S/C22H26O3/c23-21(14-25-22(24)20-13-15-6-7-19(20)12-15)18-10-8-17(9-11-18)16-4-2-1-3-5-16/h6-11,15-16,19-20H,1-5,12-14H2. The van der Waals surface area contributed by atoms with Crippen molar-refractivity contribution in [2.75, 3.05) is 6.61 Å². The lowest BCUT2D eigenvalue weighted by Crippen LogP contribution is -2.24. The van der Waals surface area contributed by atoms with Gasteiger partial charge in [0.2, 0.25) is 0 Å². The van der Waals surface area contributed by atoms with Crippen LogP contribution >= 0.6 is 0 Å². The largest absolute Gasteiger partial charge is 0.457 e. The van der Waals surface area contributed by atoms with Gasteiger partial charge in [0.25, 0.3) is 0 Å². The minimum atomic E-state index is -0.205. The third-order valence-corrected chi connectivity index (χ3v) is 6.24. The number of rotatable bonds is 5. The zero-order valence-corrected chi connectivity index (χ0v) is 14.7. The summed E-state index contributed by atoms with van der Waals surface area (Å²) < 4.78 is 5.32. The third-order valence-electron chi connectivity index (χ3n) is 6.24. The summed E-state index contributed by atoms with van der Waals surface area (Å²) in [4.78, 5) is 24.5. The molecular formula is C22H26O3. The summed E-state index contributed by atoms with van der Waals surface area (Å²) in [5.41, 5.74) is 1.97. The highest BCUT2D eigenvalue weighted by Crippen LogP contribution is 2.43. The summed E-state index contributed by atoms with van der Waals surface area (Å²) in [5.74, 6) is 1.14. The molecular weight excluding hydrogens is 312 g/mol. The molecule has 2 saturated carbocycles. The Bertz CT molecular complexity index is 667. The average molecular weight is 338 g/mol. The predicted molar refractivity (Wildman–Crippen MR) is 96.4 cm³/mol. The molecule has 4 rings (SSSR count). The number of carbonyl (C=O) groups is 2. The van der Waals surface area contributed by atoms with Crippen molar-refractivity contribution >= 4 is 11.8 Å². The minimum absolute atomic E-state index is 0.0449. The van der Waals surface area contributed by atoms with Gasteiger partial charge in [-0.25, -0.2) is 0 Å². The van der Waals surface area contributed by atoms with Crippen LogP contribution in [0.5, 0.6) is 0 Å². The van der Waals surface area contributed by atoms with E-state index in [1.807, 2.05) is 12.1 Å². The van der Waals surface area contributed by atoms with E-state index in [0.717, 1.165) is 12.8 Å². The first-order valence-electron chi connectivity index (χ1n) is 9.69. The van der Waals surface area contributed by atoms with Gasteiger partial charge in [-0.05, 0) is 49.0 Å². The maximum absolute atomic E-state index is 12.3. The number of hydrogen-bond acceptors (Lipinski definition) is 3. The van der Waals surface area contributed by atoms with Crippen LogP contribution in [0.25, 0.3) is 0 Å². The van der Waals surface area contributed by atoms with E-state index in [9.17, 15) is 9.59 Å². The molecule has 3 heteroatoms. The normalized spacial score (nSPS) is 28.2. The second kappa shape index (κ2) is 7.15. The van der Waals surface area contributed by atoms with Crippen molar-refractivity contribution in [3.05, 3.63) is 47.5 Å². The Labute approximate surface area is 149 Å². The van der Waals surface area contributed by atoms with Gasteiger partial charge in [-0.2, -0.15) is 0 Å². The Morgan fingerprint density at radius 3 is 2.36 bits per heavy atom. The molecule has 0 saturated heterocycles. The van der Waals surface area contributed by atoms with Gasteiger partial charge in [0, 0.05) is 5.56 Å². The van der Waals surface area contributed by atoms with E-state index in [-0.39, 0.29) is 24.3 Å². The van der Waals surface area contributed by atoms with Gasteiger partial charge in [-0.1, -0.05) is 55.7 Å². The van der Waals surface area contributed by atoms with Gasteiger partial charge in [0.05, 0.1) is 5.92 Å². The van der Waals surface area contributed by atoms with Crippen LogP contribution in [0, 0.1) is 17.8 Å². The van der Waals surface area contributed by atoms with Gasteiger partial charge in [0.1, 0.15) is 0 Å². The summed E-state index contributed by atoms with van der Waals surface area (Å²) >= 11 is 0. The van der Waals surface area contributed by atoms with Crippen molar-refractivity contribution in [3.8, 4) is 0 Å². The number of allylic oxidation sites excluding steroid dienone is 2. The molecule has 3 atom stereocenters. The van der Waals surface area contributed by atoms with Crippen LogP contribution < -0.4 is 0 Å². The Hall–Kier alpha value is -1.90. The first-order chi connectivity index (χ1) is 12.2. The molecule has 0 aliphatic heterocycles. The molecule has 25 heavy (non-hydrogen) atoms. The van der Waals surface area contributed by atoms with Gasteiger partial charge in [0.15, 0.2) is 12.4 Å². The molecule has 0 N–H and O–H groups in total. The van der Waals surface area contributed by atoms with Crippen molar-refractivity contribution in [2.45, 2.75) is 50.9 Å². The van der Waals surface area contributed by atoms with Crippen LogP contribution in [0.1, 0.15) is 66.8 Å². The predicted octanol–water partition coefficient (Wildman–Crippen LogP) is 4.67. The van der Waals surface area contributed by atoms with Crippen molar-refractivity contribution < 1.29 is 14.3 Å². The molecule has 3 aliphatic rings. The van der Waals surface area contributed by atoms with Crippen LogP contribution in [0.4, 0.5) is 0 Å². The number of esters is 1. The molecule has 2 bridgehead atoms. The first-order valence-corrected chi connectivity index (χ1v) is 9.69. The van der Waals surface area contributed by atoms with Gasteiger partial charge in [-0.15, -0.1) is 0 Å². The van der Waals surface area contributed by atoms with Crippen LogP contribution in [0.15, 0.2) is 36.4 Å². The van der Waals surface area contributed by atoms with Crippen molar-refractivity contribution in [3.63, 3.8) is 0 Å². The number of fused-ring (bicyclic) bond motifs is 2. The molecule has 1 aromatic rings. The van der Waals surface area contributed by atoms with Crippen LogP contribution in [-0.4, -0.2) is 18.4 Å². The SMILES string of the molecule is O=C(COC(=O)C1CC2C=CC1C2)c1ccc(C2CCCCC2)cc1. The Morgan fingerprint density at radius 1 is 0.960 bits per heavy atom. The van der Waals surface area contributed by atoms with Crippen LogP contribution in [0.3, 0.4) is 0 Å². The van der Waals surface area contributed by atoms with Crippen LogP contribution in [-0.2, 0) is 9.53 Å². The zero-order valence-electron chi connectivity index (χ0n) is 14.7. The van der Waals surface area contributed by atoms with E-state index in [2.05, 4.69) is 24.3 Å². The fourth-order valence-electron chi connectivity index (χ4n) is 4.76. The maximum Gasteiger partial charge on any atom is 0.310 e. The van der Waals surface area contributed by atoms with Crippen molar-refractivity contribution in [1.82, 2.24) is 0 Å². The molecule has 3 nitrogen and oxygen atoms in total. The topological polar surface area (TPSA) is 43.4 Å². The highest BCUT2D eigenvalue weighted by molar-refractivity contribution is 5.98. The highest BCUT2D eigenvalue weighted by atomic mass is 16.5. The Balaban J connectivity index is 1.30. The molecule has 2 fully saturated rings. The van der Waals surface area contributed by atoms with E-state index in [0.29, 0.717) is 23.3 Å². The van der Waals surface area contributed by atoms with Crippen molar-refractivity contribution in [1.29, 1.82) is 0 Å². The zero-order chi connectivity index (χ0) is 17.2. The average Bonchev–Trinajstić information content (AvgIpc) is 3.30. The van der Waals surface area contributed by atoms with Gasteiger partial charge >= 0.3 is 5.97 Å². The van der Waals surface area contributed by atoms with Crippen molar-refractivity contribution in [2.24, 2.45) is 17.8 Å². The molecule has 0 radical (unpaired) electrons. The number of benzene rings is 1. The molecule has 0 heterocycles. The fraction of sp³-hybridized carbons (Fsp3) is 0.545. The summed E-state index contributed by atoms with van der Waals surface area (Å²) in [5, 5.41) is 0. The fourth-order valence-corrected chi connectivity index (χ4v) is 4.76. The Kier molecular flexibility index (Phi) is 4.74. The maximum atomic E-state index is 12.3. The lowest BCUT2D eigenvalue weighted by atomic mass is 9.84. The number of hydrogen-bond donors (Lipinski definition) is 0. The number of ketones is 1.